The van der Waals surface area contributed by atoms with E-state index in [1.807, 2.05) is 36.1 Å². The number of hydrogen-bond donors (Lipinski definition) is 0. The summed E-state index contributed by atoms with van der Waals surface area (Å²) in [5.41, 5.74) is 2.10. The van der Waals surface area contributed by atoms with Gasteiger partial charge in [0.1, 0.15) is 0 Å². The quantitative estimate of drug-likeness (QED) is 0.869. The highest BCUT2D eigenvalue weighted by molar-refractivity contribution is 5.96. The summed E-state index contributed by atoms with van der Waals surface area (Å²) in [6.07, 6.45) is 2.75. The molecule has 1 aliphatic carbocycles. The van der Waals surface area contributed by atoms with Crippen LogP contribution in [0.5, 0.6) is 0 Å². The maximum atomic E-state index is 12.3. The van der Waals surface area contributed by atoms with Crippen LogP contribution in [0.25, 0.3) is 0 Å². The Balaban J connectivity index is 1.55. The number of carbonyl (C=O) groups excluding carboxylic acids is 1. The lowest BCUT2D eigenvalue weighted by atomic mass is 10.1. The normalized spacial score (nSPS) is 22.0. The lowest BCUT2D eigenvalue weighted by Gasteiger charge is -2.16. The second-order valence-corrected chi connectivity index (χ2v) is 6.01. The first-order chi connectivity index (χ1) is 10.2. The fraction of sp³-hybridized carbons (Fsp3) is 0.438. The van der Waals surface area contributed by atoms with Crippen LogP contribution in [0.4, 0.5) is 5.69 Å². The third-order valence-corrected chi connectivity index (χ3v) is 4.19. The van der Waals surface area contributed by atoms with Crippen LogP contribution in [0.3, 0.4) is 0 Å². The molecule has 0 bridgehead atoms. The molecule has 108 valence electrons. The van der Waals surface area contributed by atoms with E-state index in [1.165, 1.54) is 0 Å². The van der Waals surface area contributed by atoms with Gasteiger partial charge in [0.15, 0.2) is 5.82 Å². The summed E-state index contributed by atoms with van der Waals surface area (Å²) < 4.78 is 5.37. The van der Waals surface area contributed by atoms with E-state index in [2.05, 4.69) is 10.1 Å². The maximum Gasteiger partial charge on any atom is 0.232 e. The molecule has 5 nitrogen and oxygen atoms in total. The first-order valence-corrected chi connectivity index (χ1v) is 7.41. The Bertz CT molecular complexity index is 690. The molecule has 2 aliphatic rings. The molecule has 1 atom stereocenters. The summed E-state index contributed by atoms with van der Waals surface area (Å²) in [4.78, 5) is 18.6. The molecular formula is C16H17N3O2. The molecule has 2 fully saturated rings. The minimum absolute atomic E-state index is 0.0120. The fourth-order valence-corrected chi connectivity index (χ4v) is 2.84. The first-order valence-electron chi connectivity index (χ1n) is 7.41. The zero-order valence-corrected chi connectivity index (χ0v) is 12.0. The van der Waals surface area contributed by atoms with Gasteiger partial charge in [-0.3, -0.25) is 4.79 Å². The second-order valence-electron chi connectivity index (χ2n) is 6.01. The Hall–Kier alpha value is -2.17. The Labute approximate surface area is 123 Å². The average molecular weight is 283 g/mol. The van der Waals surface area contributed by atoms with E-state index in [9.17, 15) is 4.79 Å². The summed E-state index contributed by atoms with van der Waals surface area (Å²) in [7, 11) is 0. The van der Waals surface area contributed by atoms with E-state index < -0.39 is 0 Å². The van der Waals surface area contributed by atoms with E-state index in [0.717, 1.165) is 29.9 Å². The van der Waals surface area contributed by atoms with Gasteiger partial charge < -0.3 is 9.42 Å². The molecular weight excluding hydrogens is 266 g/mol. The van der Waals surface area contributed by atoms with Crippen molar-refractivity contribution in [2.75, 3.05) is 11.4 Å². The van der Waals surface area contributed by atoms with Crippen molar-refractivity contribution >= 4 is 11.6 Å². The molecule has 5 heteroatoms. The number of carbonyl (C=O) groups is 1. The van der Waals surface area contributed by atoms with E-state index >= 15 is 0 Å². The van der Waals surface area contributed by atoms with Gasteiger partial charge in [-0.25, -0.2) is 0 Å². The average Bonchev–Trinajstić information content (AvgIpc) is 3.07. The lowest BCUT2D eigenvalue weighted by molar-refractivity contribution is -0.117. The molecule has 1 aromatic carbocycles. The van der Waals surface area contributed by atoms with Crippen molar-refractivity contribution in [3.8, 4) is 0 Å². The summed E-state index contributed by atoms with van der Waals surface area (Å²) in [6.45, 7) is 2.65. The van der Waals surface area contributed by atoms with Crippen LogP contribution >= 0.6 is 0 Å². The second kappa shape index (κ2) is 4.69. The predicted octanol–water partition coefficient (Wildman–Crippen LogP) is 2.78. The number of aromatic nitrogens is 2. The largest absolute Gasteiger partial charge is 0.339 e. The summed E-state index contributed by atoms with van der Waals surface area (Å²) >= 11 is 0. The minimum Gasteiger partial charge on any atom is -0.339 e. The van der Waals surface area contributed by atoms with Crippen molar-refractivity contribution < 1.29 is 9.32 Å². The number of benzene rings is 1. The Morgan fingerprint density at radius 1 is 1.29 bits per heavy atom. The van der Waals surface area contributed by atoms with Gasteiger partial charge in [0.2, 0.25) is 11.8 Å². The van der Waals surface area contributed by atoms with Gasteiger partial charge in [-0.15, -0.1) is 0 Å². The number of rotatable bonds is 3. The molecule has 0 spiro atoms. The Morgan fingerprint density at radius 3 is 2.90 bits per heavy atom. The highest BCUT2D eigenvalue weighted by Gasteiger charge is 2.36. The van der Waals surface area contributed by atoms with Crippen LogP contribution in [-0.4, -0.2) is 22.6 Å². The van der Waals surface area contributed by atoms with E-state index in [-0.39, 0.29) is 11.8 Å². The van der Waals surface area contributed by atoms with E-state index in [0.29, 0.717) is 24.8 Å². The van der Waals surface area contributed by atoms with Gasteiger partial charge in [-0.2, -0.15) is 4.98 Å². The number of aryl methyl sites for hydroxylation is 1. The van der Waals surface area contributed by atoms with Crippen LogP contribution in [0, 0.1) is 6.92 Å². The summed E-state index contributed by atoms with van der Waals surface area (Å²) in [5, 5.41) is 4.04. The molecule has 1 saturated heterocycles. The smallest absolute Gasteiger partial charge is 0.232 e. The molecule has 0 unspecified atom stereocenters. The highest BCUT2D eigenvalue weighted by atomic mass is 16.5. The monoisotopic (exact) mass is 283 g/mol. The number of nitrogens with zero attached hydrogens (tertiary/aromatic N) is 3. The van der Waals surface area contributed by atoms with Crippen molar-refractivity contribution in [1.29, 1.82) is 0 Å². The van der Waals surface area contributed by atoms with Crippen molar-refractivity contribution in [2.45, 2.75) is 38.0 Å². The number of hydrogen-bond acceptors (Lipinski definition) is 4. The van der Waals surface area contributed by atoms with Crippen LogP contribution in [0.2, 0.25) is 0 Å². The van der Waals surface area contributed by atoms with Crippen molar-refractivity contribution in [1.82, 2.24) is 10.1 Å². The van der Waals surface area contributed by atoms with Gasteiger partial charge in [0.25, 0.3) is 0 Å². The minimum atomic E-state index is 0.0120. The third-order valence-electron chi connectivity index (χ3n) is 4.19. The molecule has 1 amide bonds. The highest BCUT2D eigenvalue weighted by Crippen LogP contribution is 2.39. The van der Waals surface area contributed by atoms with Crippen molar-refractivity contribution in [2.24, 2.45) is 0 Å². The Morgan fingerprint density at radius 2 is 2.14 bits per heavy atom. The number of amides is 1. The van der Waals surface area contributed by atoms with Crippen LogP contribution in [0.1, 0.15) is 48.4 Å². The maximum absolute atomic E-state index is 12.3. The SMILES string of the molecule is Cc1cccc(N2C[C@@H](c3nc(C4CC4)no3)CC2=O)c1. The summed E-state index contributed by atoms with van der Waals surface area (Å²) in [6, 6.07) is 8.01. The zero-order chi connectivity index (χ0) is 14.4. The molecule has 2 heterocycles. The summed E-state index contributed by atoms with van der Waals surface area (Å²) in [5.74, 6) is 2.04. The van der Waals surface area contributed by atoms with Crippen LogP contribution < -0.4 is 4.90 Å². The standard InChI is InChI=1S/C16H17N3O2/c1-10-3-2-4-13(7-10)19-9-12(8-14(19)20)16-17-15(18-21-16)11-5-6-11/h2-4,7,11-12H,5-6,8-9H2,1H3/t12-/m0/s1. The molecule has 2 aromatic rings. The predicted molar refractivity (Wildman–Crippen MR) is 77.2 cm³/mol. The van der Waals surface area contributed by atoms with E-state index in [1.54, 1.807) is 0 Å². The van der Waals surface area contributed by atoms with Gasteiger partial charge in [0, 0.05) is 24.6 Å². The molecule has 0 N–H and O–H groups in total. The first kappa shape index (κ1) is 12.6. The van der Waals surface area contributed by atoms with Gasteiger partial charge >= 0.3 is 0 Å². The van der Waals surface area contributed by atoms with Gasteiger partial charge in [-0.1, -0.05) is 17.3 Å². The van der Waals surface area contributed by atoms with Gasteiger partial charge in [0.05, 0.1) is 5.92 Å². The molecule has 1 saturated carbocycles. The number of anilines is 1. The van der Waals surface area contributed by atoms with Crippen molar-refractivity contribution in [3.05, 3.63) is 41.5 Å². The molecule has 4 rings (SSSR count). The van der Waals surface area contributed by atoms with Crippen LogP contribution in [0.15, 0.2) is 28.8 Å². The molecule has 0 radical (unpaired) electrons. The molecule has 21 heavy (non-hydrogen) atoms. The van der Waals surface area contributed by atoms with Gasteiger partial charge in [-0.05, 0) is 37.5 Å². The topological polar surface area (TPSA) is 59.2 Å². The lowest BCUT2D eigenvalue weighted by Crippen LogP contribution is -2.24. The Kier molecular flexibility index (Phi) is 2.80. The van der Waals surface area contributed by atoms with Crippen molar-refractivity contribution in [3.63, 3.8) is 0 Å². The van der Waals surface area contributed by atoms with E-state index in [4.69, 9.17) is 4.52 Å². The van der Waals surface area contributed by atoms with Crippen LogP contribution in [-0.2, 0) is 4.79 Å². The zero-order valence-electron chi connectivity index (χ0n) is 12.0. The molecule has 1 aliphatic heterocycles. The third kappa shape index (κ3) is 2.33. The molecule has 1 aromatic heterocycles. The fourth-order valence-electron chi connectivity index (χ4n) is 2.84.